The van der Waals surface area contributed by atoms with Crippen LogP contribution in [0.4, 0.5) is 0 Å². The zero-order valence-corrected chi connectivity index (χ0v) is 17.0. The van der Waals surface area contributed by atoms with E-state index in [9.17, 15) is 18.0 Å². The van der Waals surface area contributed by atoms with Gasteiger partial charge in [-0.15, -0.1) is 0 Å². The van der Waals surface area contributed by atoms with Gasteiger partial charge in [-0.3, -0.25) is 4.79 Å². The smallest absolute Gasteiger partial charge is 0.340 e. The summed E-state index contributed by atoms with van der Waals surface area (Å²) >= 11 is 0. The third kappa shape index (κ3) is 4.27. The van der Waals surface area contributed by atoms with E-state index in [0.717, 1.165) is 17.1 Å². The van der Waals surface area contributed by atoms with Crippen LogP contribution in [0.25, 0.3) is 5.69 Å². The highest BCUT2D eigenvalue weighted by Crippen LogP contribution is 2.23. The third-order valence-corrected chi connectivity index (χ3v) is 6.85. The van der Waals surface area contributed by atoms with Gasteiger partial charge in [0.1, 0.15) is 0 Å². The summed E-state index contributed by atoms with van der Waals surface area (Å²) in [6.07, 6.45) is 0.354. The number of aryl methyl sites for hydroxylation is 1. The molecule has 1 aromatic heterocycles. The van der Waals surface area contributed by atoms with Crippen molar-refractivity contribution in [2.45, 2.75) is 32.7 Å². The molecule has 0 saturated carbocycles. The van der Waals surface area contributed by atoms with Gasteiger partial charge >= 0.3 is 5.97 Å². The Bertz CT molecular complexity index is 1010. The standard InChI is InChI=1S/C20H24N2O5S/c1-14-11-17(15(2)22(14)16-7-5-4-6-8-16)19(24)27-12-18(23)21-20(3)9-10-28(25,26)13-20/h4-8,11H,9-10,12-13H2,1-3H3,(H,21,23)/t20-/m1/s1. The van der Waals surface area contributed by atoms with E-state index in [1.165, 1.54) is 0 Å². The zero-order valence-electron chi connectivity index (χ0n) is 16.2. The Balaban J connectivity index is 1.65. The van der Waals surface area contributed by atoms with Gasteiger partial charge in [-0.25, -0.2) is 13.2 Å². The first-order valence-electron chi connectivity index (χ1n) is 9.03. The SMILES string of the molecule is Cc1cc(C(=O)OCC(=O)N[C@]2(C)CCS(=O)(=O)C2)c(C)n1-c1ccccc1. The molecule has 0 aliphatic carbocycles. The van der Waals surface area contributed by atoms with Crippen LogP contribution >= 0.6 is 0 Å². The second kappa shape index (κ2) is 7.43. The minimum absolute atomic E-state index is 0.0506. The second-order valence-corrected chi connectivity index (χ2v) is 9.67. The maximum Gasteiger partial charge on any atom is 0.340 e. The van der Waals surface area contributed by atoms with Crippen molar-refractivity contribution in [3.8, 4) is 5.69 Å². The molecule has 8 heteroatoms. The molecule has 1 aromatic carbocycles. The average Bonchev–Trinajstić information content (AvgIpc) is 3.08. The van der Waals surface area contributed by atoms with Crippen molar-refractivity contribution >= 4 is 21.7 Å². The number of carbonyl (C=O) groups is 2. The molecule has 0 unspecified atom stereocenters. The van der Waals surface area contributed by atoms with Crippen molar-refractivity contribution < 1.29 is 22.7 Å². The van der Waals surface area contributed by atoms with Crippen LogP contribution in [0.15, 0.2) is 36.4 Å². The molecular formula is C20H24N2O5S. The number of carbonyl (C=O) groups excluding carboxylic acids is 2. The van der Waals surface area contributed by atoms with Gasteiger partial charge in [-0.1, -0.05) is 18.2 Å². The second-order valence-electron chi connectivity index (χ2n) is 7.48. The lowest BCUT2D eigenvalue weighted by Gasteiger charge is -2.23. The fourth-order valence-electron chi connectivity index (χ4n) is 3.63. The summed E-state index contributed by atoms with van der Waals surface area (Å²) in [6, 6.07) is 11.4. The molecule has 0 radical (unpaired) electrons. The van der Waals surface area contributed by atoms with Crippen LogP contribution in [0.1, 0.15) is 35.1 Å². The van der Waals surface area contributed by atoms with Crippen molar-refractivity contribution in [3.05, 3.63) is 53.3 Å². The monoisotopic (exact) mass is 404 g/mol. The molecule has 1 saturated heterocycles. The number of hydrogen-bond acceptors (Lipinski definition) is 5. The van der Waals surface area contributed by atoms with Gasteiger partial charge < -0.3 is 14.6 Å². The number of benzene rings is 1. The average molecular weight is 404 g/mol. The van der Waals surface area contributed by atoms with Crippen LogP contribution in [-0.2, 0) is 19.4 Å². The van der Waals surface area contributed by atoms with Crippen molar-refractivity contribution in [1.29, 1.82) is 0 Å². The number of aromatic nitrogens is 1. The first-order valence-corrected chi connectivity index (χ1v) is 10.9. The highest BCUT2D eigenvalue weighted by molar-refractivity contribution is 7.91. The van der Waals surface area contributed by atoms with E-state index in [1.54, 1.807) is 13.0 Å². The van der Waals surface area contributed by atoms with Crippen LogP contribution in [0.3, 0.4) is 0 Å². The van der Waals surface area contributed by atoms with E-state index in [1.807, 2.05) is 48.7 Å². The van der Waals surface area contributed by atoms with Crippen LogP contribution in [0.2, 0.25) is 0 Å². The number of nitrogens with zero attached hydrogens (tertiary/aromatic N) is 1. The molecule has 1 amide bonds. The normalized spacial score (nSPS) is 20.7. The number of hydrogen-bond donors (Lipinski definition) is 1. The number of esters is 1. The Hall–Kier alpha value is -2.61. The first-order chi connectivity index (χ1) is 13.1. The lowest BCUT2D eigenvalue weighted by molar-refractivity contribution is -0.125. The molecule has 1 atom stereocenters. The molecule has 7 nitrogen and oxygen atoms in total. The van der Waals surface area contributed by atoms with Gasteiger partial charge in [0, 0.05) is 17.1 Å². The molecule has 0 bridgehead atoms. The Morgan fingerprint density at radius 3 is 2.50 bits per heavy atom. The van der Waals surface area contributed by atoms with Gasteiger partial charge in [-0.2, -0.15) is 0 Å². The van der Waals surface area contributed by atoms with E-state index in [4.69, 9.17) is 4.74 Å². The van der Waals surface area contributed by atoms with Crippen LogP contribution < -0.4 is 5.32 Å². The molecule has 28 heavy (non-hydrogen) atoms. The van der Waals surface area contributed by atoms with Crippen LogP contribution in [-0.4, -0.2) is 48.5 Å². The lowest BCUT2D eigenvalue weighted by Crippen LogP contribution is -2.48. The fraction of sp³-hybridized carbons (Fsp3) is 0.400. The predicted molar refractivity (Wildman–Crippen MR) is 105 cm³/mol. The Morgan fingerprint density at radius 1 is 1.21 bits per heavy atom. The Labute approximate surface area is 164 Å². The predicted octanol–water partition coefficient (Wildman–Crippen LogP) is 1.94. The van der Waals surface area contributed by atoms with Crippen LogP contribution in [0.5, 0.6) is 0 Å². The van der Waals surface area contributed by atoms with Gasteiger partial charge in [-0.05, 0) is 45.4 Å². The molecule has 0 spiro atoms. The quantitative estimate of drug-likeness (QED) is 0.769. The number of sulfone groups is 1. The summed E-state index contributed by atoms with van der Waals surface area (Å²) in [5.74, 6) is -1.15. The zero-order chi connectivity index (χ0) is 20.5. The van der Waals surface area contributed by atoms with Gasteiger partial charge in [0.25, 0.3) is 5.91 Å². The summed E-state index contributed by atoms with van der Waals surface area (Å²) in [5, 5.41) is 2.67. The van der Waals surface area contributed by atoms with E-state index in [-0.39, 0.29) is 11.5 Å². The number of nitrogens with one attached hydrogen (secondary N) is 1. The highest BCUT2D eigenvalue weighted by atomic mass is 32.2. The maximum atomic E-state index is 12.5. The van der Waals surface area contributed by atoms with E-state index in [2.05, 4.69) is 5.32 Å². The molecule has 1 aliphatic heterocycles. The molecule has 3 rings (SSSR count). The summed E-state index contributed by atoms with van der Waals surface area (Å²) in [5.41, 5.74) is 2.12. The number of ether oxygens (including phenoxy) is 1. The summed E-state index contributed by atoms with van der Waals surface area (Å²) in [4.78, 5) is 24.6. The largest absolute Gasteiger partial charge is 0.452 e. The minimum atomic E-state index is -3.13. The van der Waals surface area contributed by atoms with E-state index >= 15 is 0 Å². The fourth-order valence-corrected chi connectivity index (χ4v) is 5.73. The Kier molecular flexibility index (Phi) is 5.34. The van der Waals surface area contributed by atoms with Crippen LogP contribution in [0, 0.1) is 13.8 Å². The third-order valence-electron chi connectivity index (χ3n) is 4.94. The summed E-state index contributed by atoms with van der Waals surface area (Å²) in [6.45, 7) is 4.94. The van der Waals surface area contributed by atoms with Gasteiger partial charge in [0.2, 0.25) is 0 Å². The van der Waals surface area contributed by atoms with E-state index < -0.39 is 33.9 Å². The molecule has 1 N–H and O–H groups in total. The summed E-state index contributed by atoms with van der Waals surface area (Å²) < 4.78 is 30.4. The van der Waals surface area contributed by atoms with Crippen molar-refractivity contribution in [3.63, 3.8) is 0 Å². The van der Waals surface area contributed by atoms with Gasteiger partial charge in [0.15, 0.2) is 16.4 Å². The topological polar surface area (TPSA) is 94.5 Å². The molecule has 2 aromatic rings. The van der Waals surface area contributed by atoms with Gasteiger partial charge in [0.05, 0.1) is 22.6 Å². The first kappa shape index (κ1) is 20.1. The van der Waals surface area contributed by atoms with Crippen molar-refractivity contribution in [1.82, 2.24) is 9.88 Å². The molecule has 150 valence electrons. The number of rotatable bonds is 5. The summed E-state index contributed by atoms with van der Waals surface area (Å²) in [7, 11) is -3.13. The highest BCUT2D eigenvalue weighted by Gasteiger charge is 2.39. The van der Waals surface area contributed by atoms with E-state index in [0.29, 0.717) is 12.0 Å². The molecule has 1 aliphatic rings. The minimum Gasteiger partial charge on any atom is -0.452 e. The lowest BCUT2D eigenvalue weighted by atomic mass is 10.0. The molecule has 2 heterocycles. The van der Waals surface area contributed by atoms with Crippen molar-refractivity contribution in [2.24, 2.45) is 0 Å². The maximum absolute atomic E-state index is 12.5. The van der Waals surface area contributed by atoms with Crippen molar-refractivity contribution in [2.75, 3.05) is 18.1 Å². The molecule has 1 fully saturated rings. The molecular weight excluding hydrogens is 380 g/mol. The number of amides is 1. The number of para-hydroxylation sites is 1. The Morgan fingerprint density at radius 2 is 1.89 bits per heavy atom.